The number of aliphatic carboxylic acids is 1. The largest absolute Gasteiger partial charge is 0.480 e. The van der Waals surface area contributed by atoms with Gasteiger partial charge in [0.1, 0.15) is 0 Å². The van der Waals surface area contributed by atoms with E-state index < -0.39 is 34.5 Å². The summed E-state index contributed by atoms with van der Waals surface area (Å²) in [5.74, 6) is -1.34. The molecule has 9 heteroatoms. The van der Waals surface area contributed by atoms with Crippen LogP contribution in [0.25, 0.3) is 0 Å². The van der Waals surface area contributed by atoms with Crippen LogP contribution in [0.4, 0.5) is 4.79 Å². The summed E-state index contributed by atoms with van der Waals surface area (Å²) in [6.45, 7) is -0.626. The molecule has 0 aromatic heterocycles. The van der Waals surface area contributed by atoms with E-state index in [4.69, 9.17) is 10.2 Å². The van der Waals surface area contributed by atoms with Crippen LogP contribution in [0.1, 0.15) is 5.56 Å². The second-order valence-corrected chi connectivity index (χ2v) is 6.33. The summed E-state index contributed by atoms with van der Waals surface area (Å²) in [6.07, 6.45) is 1.09. The van der Waals surface area contributed by atoms with Gasteiger partial charge in [0, 0.05) is 12.8 Å². The summed E-state index contributed by atoms with van der Waals surface area (Å²) in [6, 6.07) is 3.78. The average molecular weight is 316 g/mol. The lowest BCUT2D eigenvalue weighted by atomic mass is 10.2. The molecule has 0 fully saturated rings. The molecule has 0 aliphatic rings. The normalized spacial score (nSPS) is 12.5. The number of rotatable bonds is 6. The quantitative estimate of drug-likeness (QED) is 0.550. The molecule has 0 saturated heterocycles. The zero-order valence-electron chi connectivity index (χ0n) is 11.2. The predicted molar refractivity (Wildman–Crippen MR) is 73.4 cm³/mol. The van der Waals surface area contributed by atoms with E-state index >= 15 is 0 Å². The van der Waals surface area contributed by atoms with E-state index in [0.717, 1.165) is 6.26 Å². The van der Waals surface area contributed by atoms with Crippen molar-refractivity contribution in [2.24, 2.45) is 0 Å². The highest BCUT2D eigenvalue weighted by atomic mass is 32.2. The molecule has 1 aromatic rings. The van der Waals surface area contributed by atoms with Gasteiger partial charge in [0.25, 0.3) is 0 Å². The Labute approximate surface area is 121 Å². The highest BCUT2D eigenvalue weighted by Gasteiger charge is 2.18. The van der Waals surface area contributed by atoms with Crippen molar-refractivity contribution in [3.63, 3.8) is 0 Å². The van der Waals surface area contributed by atoms with Gasteiger partial charge in [-0.1, -0.05) is 12.1 Å². The van der Waals surface area contributed by atoms with E-state index in [1.54, 1.807) is 0 Å². The maximum Gasteiger partial charge on any atom is 0.328 e. The first kappa shape index (κ1) is 16.9. The molecular formula is C12H16N2O6S. The SMILES string of the molecule is CS(=O)(=O)c1ccc(CNC(=O)N[C@H](CO)C(=O)O)cc1. The Hall–Kier alpha value is -2.13. The molecule has 8 nitrogen and oxygen atoms in total. The molecule has 4 N–H and O–H groups in total. The van der Waals surface area contributed by atoms with Crippen molar-refractivity contribution in [1.29, 1.82) is 0 Å². The second kappa shape index (κ2) is 7.04. The molecule has 116 valence electrons. The van der Waals surface area contributed by atoms with Crippen LogP contribution in [0.15, 0.2) is 29.2 Å². The van der Waals surface area contributed by atoms with Gasteiger partial charge in [-0.2, -0.15) is 0 Å². The molecule has 2 amide bonds. The lowest BCUT2D eigenvalue weighted by Crippen LogP contribution is -2.47. The van der Waals surface area contributed by atoms with Gasteiger partial charge in [-0.25, -0.2) is 18.0 Å². The number of carboxylic acids is 1. The molecule has 1 aromatic carbocycles. The molecule has 1 atom stereocenters. The third-order valence-electron chi connectivity index (χ3n) is 2.59. The lowest BCUT2D eigenvalue weighted by Gasteiger charge is -2.12. The predicted octanol–water partition coefficient (Wildman–Crippen LogP) is -0.665. The zero-order valence-corrected chi connectivity index (χ0v) is 12.1. The summed E-state index contributed by atoms with van der Waals surface area (Å²) in [5.41, 5.74) is 0.647. The number of aliphatic hydroxyl groups is 1. The number of nitrogens with one attached hydrogen (secondary N) is 2. The van der Waals surface area contributed by atoms with E-state index in [2.05, 4.69) is 10.6 Å². The van der Waals surface area contributed by atoms with Crippen molar-refractivity contribution < 1.29 is 28.2 Å². The van der Waals surface area contributed by atoms with Crippen molar-refractivity contribution in [3.8, 4) is 0 Å². The van der Waals surface area contributed by atoms with E-state index in [1.165, 1.54) is 24.3 Å². The van der Waals surface area contributed by atoms with Crippen LogP contribution >= 0.6 is 0 Å². The molecule has 0 radical (unpaired) electrons. The highest BCUT2D eigenvalue weighted by Crippen LogP contribution is 2.10. The molecule has 0 unspecified atom stereocenters. The molecule has 0 saturated carbocycles. The Balaban J connectivity index is 2.56. The molecule has 0 aliphatic heterocycles. The van der Waals surface area contributed by atoms with Crippen molar-refractivity contribution in [2.75, 3.05) is 12.9 Å². The van der Waals surface area contributed by atoms with Crippen LogP contribution in [0.3, 0.4) is 0 Å². The number of benzene rings is 1. The van der Waals surface area contributed by atoms with Crippen LogP contribution < -0.4 is 10.6 Å². The number of urea groups is 1. The second-order valence-electron chi connectivity index (χ2n) is 4.32. The van der Waals surface area contributed by atoms with E-state index in [9.17, 15) is 18.0 Å². The van der Waals surface area contributed by atoms with E-state index in [-0.39, 0.29) is 11.4 Å². The standard InChI is InChI=1S/C12H16N2O6S/c1-21(19,20)9-4-2-8(3-5-9)6-13-12(18)14-10(7-15)11(16)17/h2-5,10,15H,6-7H2,1H3,(H,16,17)(H2,13,14,18)/t10-/m1/s1. The first-order valence-electron chi connectivity index (χ1n) is 5.91. The fourth-order valence-corrected chi connectivity index (χ4v) is 2.06. The van der Waals surface area contributed by atoms with Gasteiger partial charge in [0.15, 0.2) is 15.9 Å². The number of amides is 2. The summed E-state index contributed by atoms with van der Waals surface area (Å²) in [4.78, 5) is 22.2. The number of carboxylic acid groups (broad SMARTS) is 1. The van der Waals surface area contributed by atoms with Gasteiger partial charge in [-0.3, -0.25) is 0 Å². The lowest BCUT2D eigenvalue weighted by molar-refractivity contribution is -0.140. The van der Waals surface area contributed by atoms with Gasteiger partial charge in [0.2, 0.25) is 0 Å². The minimum absolute atomic E-state index is 0.0909. The first-order chi connectivity index (χ1) is 9.74. The number of hydrogen-bond acceptors (Lipinski definition) is 5. The average Bonchev–Trinajstić information content (AvgIpc) is 2.41. The Morgan fingerprint density at radius 2 is 1.81 bits per heavy atom. The summed E-state index contributed by atoms with van der Waals surface area (Å²) < 4.78 is 22.5. The Morgan fingerprint density at radius 3 is 2.24 bits per heavy atom. The van der Waals surface area contributed by atoms with Gasteiger partial charge >= 0.3 is 12.0 Å². The van der Waals surface area contributed by atoms with E-state index in [0.29, 0.717) is 5.56 Å². The molecule has 0 spiro atoms. The van der Waals surface area contributed by atoms with Crippen LogP contribution in [-0.4, -0.2) is 49.5 Å². The topological polar surface area (TPSA) is 133 Å². The van der Waals surface area contributed by atoms with E-state index in [1.807, 2.05) is 0 Å². The summed E-state index contributed by atoms with van der Waals surface area (Å²) in [5, 5.41) is 21.9. The fraction of sp³-hybridized carbons (Fsp3) is 0.333. The molecular weight excluding hydrogens is 300 g/mol. The molecule has 21 heavy (non-hydrogen) atoms. The van der Waals surface area contributed by atoms with Crippen LogP contribution in [0.5, 0.6) is 0 Å². The molecule has 0 bridgehead atoms. The van der Waals surface area contributed by atoms with Crippen molar-refractivity contribution in [3.05, 3.63) is 29.8 Å². The summed E-state index contributed by atoms with van der Waals surface area (Å²) in [7, 11) is -3.27. The number of aliphatic hydroxyl groups excluding tert-OH is 1. The van der Waals surface area contributed by atoms with Crippen molar-refractivity contribution in [2.45, 2.75) is 17.5 Å². The Bertz CT molecular complexity index is 611. The third kappa shape index (κ3) is 5.40. The fourth-order valence-electron chi connectivity index (χ4n) is 1.43. The minimum atomic E-state index is -3.27. The van der Waals surface area contributed by atoms with Crippen molar-refractivity contribution in [1.82, 2.24) is 10.6 Å². The van der Waals surface area contributed by atoms with Gasteiger partial charge in [0.05, 0.1) is 11.5 Å². The monoisotopic (exact) mass is 316 g/mol. The van der Waals surface area contributed by atoms with Gasteiger partial charge < -0.3 is 20.8 Å². The minimum Gasteiger partial charge on any atom is -0.480 e. The number of carbonyl (C=O) groups is 2. The molecule has 1 rings (SSSR count). The van der Waals surface area contributed by atoms with Crippen LogP contribution in [-0.2, 0) is 21.2 Å². The molecule has 0 aliphatic carbocycles. The van der Waals surface area contributed by atoms with Crippen molar-refractivity contribution >= 4 is 21.8 Å². The zero-order chi connectivity index (χ0) is 16.0. The number of carbonyl (C=O) groups excluding carboxylic acids is 1. The maximum absolute atomic E-state index is 11.4. The Morgan fingerprint density at radius 1 is 1.24 bits per heavy atom. The third-order valence-corrected chi connectivity index (χ3v) is 3.72. The smallest absolute Gasteiger partial charge is 0.328 e. The summed E-state index contributed by atoms with van der Waals surface area (Å²) >= 11 is 0. The number of sulfone groups is 1. The molecule has 0 heterocycles. The Kier molecular flexibility index (Phi) is 5.68. The number of hydrogen-bond donors (Lipinski definition) is 4. The maximum atomic E-state index is 11.4. The first-order valence-corrected chi connectivity index (χ1v) is 7.80. The van der Waals surface area contributed by atoms with Crippen LogP contribution in [0.2, 0.25) is 0 Å². The van der Waals surface area contributed by atoms with Gasteiger partial charge in [-0.05, 0) is 17.7 Å². The highest BCUT2D eigenvalue weighted by molar-refractivity contribution is 7.90. The van der Waals surface area contributed by atoms with Crippen LogP contribution in [0, 0.1) is 0 Å². The van der Waals surface area contributed by atoms with Gasteiger partial charge in [-0.15, -0.1) is 0 Å².